The quantitative estimate of drug-likeness (QED) is 0.854. The second-order valence-electron chi connectivity index (χ2n) is 4.25. The first-order valence-corrected chi connectivity index (χ1v) is 5.94. The van der Waals surface area contributed by atoms with E-state index in [4.69, 9.17) is 5.73 Å². The van der Waals surface area contributed by atoms with Crippen LogP contribution < -0.4 is 5.73 Å². The molecule has 94 valence electrons. The molecule has 4 nitrogen and oxygen atoms in total. The number of nitrogens with two attached hydrogens (primary N) is 1. The Morgan fingerprint density at radius 2 is 1.83 bits per heavy atom. The van der Waals surface area contributed by atoms with Gasteiger partial charge in [0.05, 0.1) is 0 Å². The highest BCUT2D eigenvalue weighted by molar-refractivity contribution is 5.31. The van der Waals surface area contributed by atoms with Crippen molar-refractivity contribution in [3.63, 3.8) is 0 Å². The zero-order valence-corrected chi connectivity index (χ0v) is 10.3. The van der Waals surface area contributed by atoms with Crippen molar-refractivity contribution in [3.05, 3.63) is 59.7 Å². The molecule has 1 heterocycles. The Labute approximate surface area is 107 Å². The monoisotopic (exact) mass is 243 g/mol. The molecule has 18 heavy (non-hydrogen) atoms. The van der Waals surface area contributed by atoms with Gasteiger partial charge in [-0.3, -0.25) is 0 Å². The number of hydrogen-bond acceptors (Lipinski definition) is 4. The van der Waals surface area contributed by atoms with E-state index in [1.807, 2.05) is 31.2 Å². The summed E-state index contributed by atoms with van der Waals surface area (Å²) in [6, 6.07) is 9.64. The Balaban J connectivity index is 2.32. The zero-order valence-electron chi connectivity index (χ0n) is 10.3. The standard InChI is InChI=1S/C14H17N3O/c1-10-5-2-3-6-11(10)12(9-15)13(18)14-16-7-4-8-17-14/h2-8,12-13,18H,9,15H2,1H3. The molecule has 2 aromatic rings. The molecule has 0 radical (unpaired) electrons. The first-order chi connectivity index (χ1) is 8.74. The van der Waals surface area contributed by atoms with Crippen LogP contribution in [0.2, 0.25) is 0 Å². The number of aliphatic hydroxyl groups excluding tert-OH is 1. The maximum atomic E-state index is 10.4. The van der Waals surface area contributed by atoms with Crippen LogP contribution in [-0.4, -0.2) is 21.6 Å². The van der Waals surface area contributed by atoms with Crippen LogP contribution in [0.25, 0.3) is 0 Å². The predicted molar refractivity (Wildman–Crippen MR) is 70.0 cm³/mol. The largest absolute Gasteiger partial charge is 0.384 e. The van der Waals surface area contributed by atoms with E-state index in [9.17, 15) is 5.11 Å². The van der Waals surface area contributed by atoms with Crippen LogP contribution in [0.15, 0.2) is 42.7 Å². The van der Waals surface area contributed by atoms with Crippen molar-refractivity contribution >= 4 is 0 Å². The van der Waals surface area contributed by atoms with E-state index in [1.165, 1.54) is 0 Å². The van der Waals surface area contributed by atoms with Gasteiger partial charge in [-0.15, -0.1) is 0 Å². The summed E-state index contributed by atoms with van der Waals surface area (Å²) in [5.41, 5.74) is 7.95. The van der Waals surface area contributed by atoms with Crippen molar-refractivity contribution in [2.75, 3.05) is 6.54 Å². The van der Waals surface area contributed by atoms with Crippen LogP contribution in [0.3, 0.4) is 0 Å². The second kappa shape index (κ2) is 5.71. The molecule has 2 atom stereocenters. The lowest BCUT2D eigenvalue weighted by Crippen LogP contribution is -2.22. The molecule has 0 aliphatic rings. The summed E-state index contributed by atoms with van der Waals surface area (Å²) in [5.74, 6) is 0.227. The summed E-state index contributed by atoms with van der Waals surface area (Å²) < 4.78 is 0. The Morgan fingerprint density at radius 1 is 1.17 bits per heavy atom. The maximum absolute atomic E-state index is 10.4. The van der Waals surface area contributed by atoms with E-state index in [1.54, 1.807) is 18.5 Å². The van der Waals surface area contributed by atoms with E-state index in [0.717, 1.165) is 11.1 Å². The molecular weight excluding hydrogens is 226 g/mol. The summed E-state index contributed by atoms with van der Waals surface area (Å²) >= 11 is 0. The molecule has 0 saturated carbocycles. The normalized spacial score (nSPS) is 14.2. The third-order valence-electron chi connectivity index (χ3n) is 3.07. The lowest BCUT2D eigenvalue weighted by Gasteiger charge is -2.22. The zero-order chi connectivity index (χ0) is 13.0. The SMILES string of the molecule is Cc1ccccc1C(CN)C(O)c1ncccn1. The lowest BCUT2D eigenvalue weighted by atomic mass is 9.90. The minimum Gasteiger partial charge on any atom is -0.384 e. The number of hydrogen-bond donors (Lipinski definition) is 2. The highest BCUT2D eigenvalue weighted by Crippen LogP contribution is 2.29. The van der Waals surface area contributed by atoms with Crippen LogP contribution in [0.5, 0.6) is 0 Å². The second-order valence-corrected chi connectivity index (χ2v) is 4.25. The van der Waals surface area contributed by atoms with Crippen LogP contribution in [0, 0.1) is 6.92 Å². The van der Waals surface area contributed by atoms with E-state index in [2.05, 4.69) is 9.97 Å². The molecule has 1 aromatic carbocycles. The molecule has 0 spiro atoms. The third-order valence-corrected chi connectivity index (χ3v) is 3.07. The van der Waals surface area contributed by atoms with Crippen molar-refractivity contribution in [1.29, 1.82) is 0 Å². The Hall–Kier alpha value is -1.78. The van der Waals surface area contributed by atoms with Crippen LogP contribution in [0.4, 0.5) is 0 Å². The van der Waals surface area contributed by atoms with Crippen LogP contribution in [0.1, 0.15) is 29.0 Å². The number of aliphatic hydroxyl groups is 1. The molecule has 0 aliphatic carbocycles. The smallest absolute Gasteiger partial charge is 0.157 e. The van der Waals surface area contributed by atoms with Gasteiger partial charge in [0.25, 0.3) is 0 Å². The molecular formula is C14H17N3O. The molecule has 0 bridgehead atoms. The topological polar surface area (TPSA) is 72.0 Å². The third kappa shape index (κ3) is 2.55. The minimum atomic E-state index is -0.780. The molecule has 0 amide bonds. The number of benzene rings is 1. The predicted octanol–water partition coefficient (Wildman–Crippen LogP) is 1.56. The molecule has 2 unspecified atom stereocenters. The Morgan fingerprint density at radius 3 is 2.44 bits per heavy atom. The molecule has 2 rings (SSSR count). The summed E-state index contributed by atoms with van der Waals surface area (Å²) in [7, 11) is 0. The van der Waals surface area contributed by atoms with Crippen molar-refractivity contribution in [2.45, 2.75) is 18.9 Å². The fraction of sp³-hybridized carbons (Fsp3) is 0.286. The first-order valence-electron chi connectivity index (χ1n) is 5.94. The molecule has 0 fully saturated rings. The molecule has 4 heteroatoms. The van der Waals surface area contributed by atoms with Crippen molar-refractivity contribution in [1.82, 2.24) is 9.97 Å². The molecule has 0 saturated heterocycles. The van der Waals surface area contributed by atoms with Gasteiger partial charge >= 0.3 is 0 Å². The van der Waals surface area contributed by atoms with Crippen LogP contribution in [-0.2, 0) is 0 Å². The fourth-order valence-electron chi connectivity index (χ4n) is 2.07. The van der Waals surface area contributed by atoms with Gasteiger partial charge in [0.15, 0.2) is 5.82 Å². The maximum Gasteiger partial charge on any atom is 0.157 e. The summed E-state index contributed by atoms with van der Waals surface area (Å²) in [4.78, 5) is 8.17. The fourth-order valence-corrected chi connectivity index (χ4v) is 2.07. The van der Waals surface area contributed by atoms with Gasteiger partial charge in [0.1, 0.15) is 6.10 Å². The average molecular weight is 243 g/mol. The lowest BCUT2D eigenvalue weighted by molar-refractivity contribution is 0.137. The van der Waals surface area contributed by atoms with Gasteiger partial charge in [-0.25, -0.2) is 9.97 Å². The number of nitrogens with zero attached hydrogens (tertiary/aromatic N) is 2. The van der Waals surface area contributed by atoms with E-state index >= 15 is 0 Å². The summed E-state index contributed by atoms with van der Waals surface area (Å²) in [6.07, 6.45) is 2.46. The highest BCUT2D eigenvalue weighted by Gasteiger charge is 2.24. The van der Waals surface area contributed by atoms with Gasteiger partial charge in [0, 0.05) is 24.9 Å². The molecule has 1 aromatic heterocycles. The van der Waals surface area contributed by atoms with E-state index < -0.39 is 6.10 Å². The summed E-state index contributed by atoms with van der Waals surface area (Å²) in [5, 5.41) is 10.4. The van der Waals surface area contributed by atoms with Gasteiger partial charge in [-0.1, -0.05) is 24.3 Å². The van der Waals surface area contributed by atoms with Crippen molar-refractivity contribution < 1.29 is 5.11 Å². The van der Waals surface area contributed by atoms with Crippen LogP contribution >= 0.6 is 0 Å². The van der Waals surface area contributed by atoms with Gasteiger partial charge < -0.3 is 10.8 Å². The van der Waals surface area contributed by atoms with Crippen molar-refractivity contribution in [2.24, 2.45) is 5.73 Å². The summed E-state index contributed by atoms with van der Waals surface area (Å²) in [6.45, 7) is 2.36. The number of rotatable bonds is 4. The minimum absolute atomic E-state index is 0.186. The molecule has 3 N–H and O–H groups in total. The van der Waals surface area contributed by atoms with E-state index in [0.29, 0.717) is 12.4 Å². The average Bonchev–Trinajstić information content (AvgIpc) is 2.42. The number of aryl methyl sites for hydroxylation is 1. The highest BCUT2D eigenvalue weighted by atomic mass is 16.3. The Kier molecular flexibility index (Phi) is 4.02. The van der Waals surface area contributed by atoms with Gasteiger partial charge in [0.2, 0.25) is 0 Å². The molecule has 0 aliphatic heterocycles. The van der Waals surface area contributed by atoms with E-state index in [-0.39, 0.29) is 5.92 Å². The Bertz CT molecular complexity index is 501. The van der Waals surface area contributed by atoms with Gasteiger partial charge in [-0.2, -0.15) is 0 Å². The van der Waals surface area contributed by atoms with Crippen molar-refractivity contribution in [3.8, 4) is 0 Å². The van der Waals surface area contributed by atoms with Gasteiger partial charge in [-0.05, 0) is 24.1 Å². The number of aromatic nitrogens is 2. The first kappa shape index (κ1) is 12.7.